The standard InChI is InChI=1S/C20H15F2N3O3S/c21-16-5-4-12(9-17(16)22)8-15-11-23-19(29-15)24-18(26)13-2-1-3-14(10-13)25-6-7-28-20(25)27/h1-5,9-11H,6-8H2,(H,23,24,26). The molecule has 0 saturated carbocycles. The molecule has 4 rings (SSSR count). The number of halogens is 2. The van der Waals surface area contributed by atoms with Crippen LogP contribution in [0.1, 0.15) is 20.8 Å². The number of thiazole rings is 1. The molecule has 148 valence electrons. The Morgan fingerprint density at radius 2 is 2.07 bits per heavy atom. The third-order valence-corrected chi connectivity index (χ3v) is 5.23. The number of carbonyl (C=O) groups excluding carboxylic acids is 2. The average Bonchev–Trinajstić information content (AvgIpc) is 3.33. The van der Waals surface area contributed by atoms with Gasteiger partial charge in [-0.2, -0.15) is 0 Å². The zero-order chi connectivity index (χ0) is 20.4. The van der Waals surface area contributed by atoms with E-state index in [4.69, 9.17) is 4.74 Å². The maximum atomic E-state index is 13.3. The van der Waals surface area contributed by atoms with Crippen LogP contribution in [-0.2, 0) is 11.2 Å². The summed E-state index contributed by atoms with van der Waals surface area (Å²) in [5, 5.41) is 3.10. The van der Waals surface area contributed by atoms with Crippen molar-refractivity contribution >= 4 is 34.2 Å². The molecule has 0 aliphatic carbocycles. The second kappa shape index (κ2) is 7.96. The molecule has 3 aromatic rings. The van der Waals surface area contributed by atoms with Crippen LogP contribution in [0, 0.1) is 11.6 Å². The number of anilines is 2. The molecule has 2 heterocycles. The van der Waals surface area contributed by atoms with Crippen molar-refractivity contribution in [2.24, 2.45) is 0 Å². The first-order valence-electron chi connectivity index (χ1n) is 8.74. The van der Waals surface area contributed by atoms with Gasteiger partial charge in [-0.25, -0.2) is 18.6 Å². The third-order valence-electron chi connectivity index (χ3n) is 4.32. The zero-order valence-corrected chi connectivity index (χ0v) is 15.8. The Bertz CT molecular complexity index is 1090. The Labute approximate surface area is 168 Å². The van der Waals surface area contributed by atoms with Gasteiger partial charge in [0, 0.05) is 28.7 Å². The van der Waals surface area contributed by atoms with Crippen molar-refractivity contribution in [2.75, 3.05) is 23.4 Å². The minimum Gasteiger partial charge on any atom is -0.447 e. The second-order valence-electron chi connectivity index (χ2n) is 6.33. The number of nitrogens with zero attached hydrogens (tertiary/aromatic N) is 2. The van der Waals surface area contributed by atoms with Crippen LogP contribution in [0.3, 0.4) is 0 Å². The predicted octanol–water partition coefficient (Wildman–Crippen LogP) is 4.22. The molecule has 29 heavy (non-hydrogen) atoms. The van der Waals surface area contributed by atoms with E-state index in [2.05, 4.69) is 10.3 Å². The Kier molecular flexibility index (Phi) is 5.22. The lowest BCUT2D eigenvalue weighted by Gasteiger charge is -2.13. The van der Waals surface area contributed by atoms with Crippen molar-refractivity contribution in [1.29, 1.82) is 0 Å². The SMILES string of the molecule is O=C(Nc1ncc(Cc2ccc(F)c(F)c2)s1)c1cccc(N2CCOC2=O)c1. The number of rotatable bonds is 5. The van der Waals surface area contributed by atoms with Gasteiger partial charge in [-0.3, -0.25) is 15.0 Å². The van der Waals surface area contributed by atoms with E-state index in [-0.39, 0.29) is 5.91 Å². The van der Waals surface area contributed by atoms with Crippen molar-refractivity contribution in [3.63, 3.8) is 0 Å². The molecule has 1 aliphatic heterocycles. The fourth-order valence-electron chi connectivity index (χ4n) is 2.91. The van der Waals surface area contributed by atoms with E-state index in [0.717, 1.165) is 17.0 Å². The summed E-state index contributed by atoms with van der Waals surface area (Å²) in [6.07, 6.45) is 1.51. The zero-order valence-electron chi connectivity index (χ0n) is 15.0. The first-order valence-corrected chi connectivity index (χ1v) is 9.55. The molecule has 1 fully saturated rings. The lowest BCUT2D eigenvalue weighted by Crippen LogP contribution is -2.23. The first-order chi connectivity index (χ1) is 14.0. The number of benzene rings is 2. The van der Waals surface area contributed by atoms with Gasteiger partial charge in [-0.15, -0.1) is 11.3 Å². The number of amides is 2. The van der Waals surface area contributed by atoms with Gasteiger partial charge in [0.25, 0.3) is 5.91 Å². The van der Waals surface area contributed by atoms with Crippen molar-refractivity contribution in [1.82, 2.24) is 4.98 Å². The number of aromatic nitrogens is 1. The van der Waals surface area contributed by atoms with Gasteiger partial charge in [-0.1, -0.05) is 12.1 Å². The Morgan fingerprint density at radius 1 is 1.21 bits per heavy atom. The summed E-state index contributed by atoms with van der Waals surface area (Å²) in [5.74, 6) is -2.16. The molecule has 0 bridgehead atoms. The van der Waals surface area contributed by atoms with E-state index >= 15 is 0 Å². The van der Waals surface area contributed by atoms with E-state index < -0.39 is 17.7 Å². The summed E-state index contributed by atoms with van der Waals surface area (Å²) >= 11 is 1.25. The summed E-state index contributed by atoms with van der Waals surface area (Å²) in [6, 6.07) is 10.4. The van der Waals surface area contributed by atoms with Crippen LogP contribution in [0.4, 0.5) is 24.4 Å². The van der Waals surface area contributed by atoms with Crippen LogP contribution in [0.2, 0.25) is 0 Å². The molecule has 1 aliphatic rings. The molecule has 0 unspecified atom stereocenters. The molecule has 1 aromatic heterocycles. The summed E-state index contributed by atoms with van der Waals surface area (Å²) < 4.78 is 31.3. The van der Waals surface area contributed by atoms with Crippen molar-refractivity contribution in [3.8, 4) is 0 Å². The molecular formula is C20H15F2N3O3S. The molecule has 2 aromatic carbocycles. The normalized spacial score (nSPS) is 13.4. The van der Waals surface area contributed by atoms with Gasteiger partial charge in [-0.05, 0) is 35.9 Å². The third kappa shape index (κ3) is 4.24. The molecule has 1 saturated heterocycles. The van der Waals surface area contributed by atoms with E-state index in [9.17, 15) is 18.4 Å². The number of carbonyl (C=O) groups is 2. The van der Waals surface area contributed by atoms with Gasteiger partial charge >= 0.3 is 6.09 Å². The van der Waals surface area contributed by atoms with E-state index in [0.29, 0.717) is 41.5 Å². The summed E-state index contributed by atoms with van der Waals surface area (Å²) in [5.41, 5.74) is 1.56. The lowest BCUT2D eigenvalue weighted by molar-refractivity contribution is 0.102. The number of nitrogens with one attached hydrogen (secondary N) is 1. The Hall–Kier alpha value is -3.33. The highest BCUT2D eigenvalue weighted by Crippen LogP contribution is 2.24. The maximum Gasteiger partial charge on any atom is 0.414 e. The summed E-state index contributed by atoms with van der Waals surface area (Å²) in [7, 11) is 0. The van der Waals surface area contributed by atoms with E-state index in [1.54, 1.807) is 30.5 Å². The molecule has 0 radical (unpaired) electrons. The smallest absolute Gasteiger partial charge is 0.414 e. The average molecular weight is 415 g/mol. The lowest BCUT2D eigenvalue weighted by atomic mass is 10.1. The van der Waals surface area contributed by atoms with Crippen LogP contribution in [0.25, 0.3) is 0 Å². The quantitative estimate of drug-likeness (QED) is 0.677. The number of ether oxygens (including phenoxy) is 1. The highest BCUT2D eigenvalue weighted by atomic mass is 32.1. The summed E-state index contributed by atoms with van der Waals surface area (Å²) in [6.45, 7) is 0.749. The molecule has 0 spiro atoms. The van der Waals surface area contributed by atoms with Crippen molar-refractivity contribution in [2.45, 2.75) is 6.42 Å². The van der Waals surface area contributed by atoms with Gasteiger partial charge in [0.2, 0.25) is 0 Å². The summed E-state index contributed by atoms with van der Waals surface area (Å²) in [4.78, 5) is 30.6. The Balaban J connectivity index is 1.44. The monoisotopic (exact) mass is 415 g/mol. The van der Waals surface area contributed by atoms with Gasteiger partial charge < -0.3 is 4.74 Å². The van der Waals surface area contributed by atoms with Gasteiger partial charge in [0.15, 0.2) is 16.8 Å². The highest BCUT2D eigenvalue weighted by molar-refractivity contribution is 7.15. The minimum atomic E-state index is -0.901. The van der Waals surface area contributed by atoms with Crippen LogP contribution in [0.15, 0.2) is 48.7 Å². The van der Waals surface area contributed by atoms with Crippen LogP contribution in [0.5, 0.6) is 0 Å². The molecule has 0 atom stereocenters. The molecule has 9 heteroatoms. The Morgan fingerprint density at radius 3 is 2.83 bits per heavy atom. The van der Waals surface area contributed by atoms with Gasteiger partial charge in [0.1, 0.15) is 6.61 Å². The molecule has 2 amide bonds. The van der Waals surface area contributed by atoms with Gasteiger partial charge in [0.05, 0.1) is 6.54 Å². The predicted molar refractivity (Wildman–Crippen MR) is 104 cm³/mol. The number of cyclic esters (lactones) is 1. The fraction of sp³-hybridized carbons (Fsp3) is 0.150. The van der Waals surface area contributed by atoms with Crippen LogP contribution < -0.4 is 10.2 Å². The first kappa shape index (κ1) is 19.0. The van der Waals surface area contributed by atoms with Crippen LogP contribution in [-0.4, -0.2) is 30.1 Å². The second-order valence-corrected chi connectivity index (χ2v) is 7.44. The van der Waals surface area contributed by atoms with E-state index in [1.807, 2.05) is 0 Å². The topological polar surface area (TPSA) is 71.5 Å². The minimum absolute atomic E-state index is 0.315. The van der Waals surface area contributed by atoms with Crippen LogP contribution >= 0.6 is 11.3 Å². The maximum absolute atomic E-state index is 13.3. The molecular weight excluding hydrogens is 400 g/mol. The number of hydrogen-bond acceptors (Lipinski definition) is 5. The molecule has 1 N–H and O–H groups in total. The van der Waals surface area contributed by atoms with E-state index in [1.165, 1.54) is 22.3 Å². The molecule has 6 nitrogen and oxygen atoms in total. The highest BCUT2D eigenvalue weighted by Gasteiger charge is 2.24. The fourth-order valence-corrected chi connectivity index (χ4v) is 3.75. The van der Waals surface area contributed by atoms with Crippen molar-refractivity contribution < 1.29 is 23.1 Å². The van der Waals surface area contributed by atoms with Crippen molar-refractivity contribution in [3.05, 3.63) is 76.3 Å². The number of hydrogen-bond donors (Lipinski definition) is 1. The largest absolute Gasteiger partial charge is 0.447 e.